The Hall–Kier alpha value is -4.18. The monoisotopic (exact) mass is 485 g/mol. The molecule has 10 nitrogen and oxygen atoms in total. The Bertz CT molecular complexity index is 1420. The highest BCUT2D eigenvalue weighted by molar-refractivity contribution is 5.84. The zero-order valence-corrected chi connectivity index (χ0v) is 19.7. The summed E-state index contributed by atoms with van der Waals surface area (Å²) in [6, 6.07) is 15.6. The number of morpholine rings is 1. The molecule has 4 aromatic rings. The Balaban J connectivity index is 1.49. The number of hydrogen-bond donors (Lipinski definition) is 3. The van der Waals surface area contributed by atoms with Gasteiger partial charge in [0.2, 0.25) is 0 Å². The first-order valence-corrected chi connectivity index (χ1v) is 12.1. The quantitative estimate of drug-likeness (QED) is 0.391. The number of carboxylic acid groups (broad SMARTS) is 1. The van der Waals surface area contributed by atoms with Crippen molar-refractivity contribution in [3.63, 3.8) is 0 Å². The lowest BCUT2D eigenvalue weighted by Crippen LogP contribution is -2.50. The first kappa shape index (κ1) is 22.3. The maximum atomic E-state index is 11.4. The minimum atomic E-state index is -1.01. The molecule has 4 N–H and O–H groups in total. The number of fused-ring (bicyclic) bond motifs is 1. The molecule has 3 aromatic heterocycles. The normalized spacial score (nSPS) is 17.1. The molecule has 2 aliphatic rings. The van der Waals surface area contributed by atoms with Gasteiger partial charge in [0.1, 0.15) is 17.2 Å². The highest BCUT2D eigenvalue weighted by Gasteiger charge is 2.40. The molecule has 1 aliphatic carbocycles. The number of aromatic nitrogens is 4. The summed E-state index contributed by atoms with van der Waals surface area (Å²) in [5, 5.41) is 12.1. The van der Waals surface area contributed by atoms with Gasteiger partial charge in [-0.2, -0.15) is 0 Å². The number of nitrogen functional groups attached to an aromatic ring is 1. The van der Waals surface area contributed by atoms with Crippen LogP contribution in [-0.2, 0) is 10.3 Å². The summed E-state index contributed by atoms with van der Waals surface area (Å²) in [6.07, 6.45) is 3.22. The summed E-state index contributed by atoms with van der Waals surface area (Å²) in [5.74, 6) is 1.91. The number of anilines is 2. The largest absolute Gasteiger partial charge is 0.465 e. The van der Waals surface area contributed by atoms with E-state index in [-0.39, 0.29) is 0 Å². The molecule has 10 heteroatoms. The fourth-order valence-electron chi connectivity index (χ4n) is 5.10. The van der Waals surface area contributed by atoms with Gasteiger partial charge in [-0.1, -0.05) is 12.1 Å². The van der Waals surface area contributed by atoms with E-state index in [4.69, 9.17) is 20.4 Å². The molecule has 184 valence electrons. The average Bonchev–Trinajstić information content (AvgIpc) is 3.25. The van der Waals surface area contributed by atoms with Crippen molar-refractivity contribution in [3.05, 3.63) is 60.3 Å². The number of nitrogens with two attached hydrogens (primary N) is 1. The number of amides is 1. The number of benzene rings is 1. The lowest BCUT2D eigenvalue weighted by molar-refractivity contribution is 0.122. The Labute approximate surface area is 207 Å². The summed E-state index contributed by atoms with van der Waals surface area (Å²) < 4.78 is 7.50. The van der Waals surface area contributed by atoms with Crippen molar-refractivity contribution in [2.45, 2.75) is 24.8 Å². The van der Waals surface area contributed by atoms with Gasteiger partial charge in [-0.15, -0.1) is 0 Å². The van der Waals surface area contributed by atoms with Crippen LogP contribution in [0, 0.1) is 0 Å². The van der Waals surface area contributed by atoms with Crippen molar-refractivity contribution in [3.8, 4) is 17.1 Å². The molecule has 0 spiro atoms. The van der Waals surface area contributed by atoms with Crippen LogP contribution < -0.4 is 16.0 Å². The topological polar surface area (TPSA) is 131 Å². The number of nitrogens with zero attached hydrogens (tertiary/aromatic N) is 5. The highest BCUT2D eigenvalue weighted by Crippen LogP contribution is 2.42. The summed E-state index contributed by atoms with van der Waals surface area (Å²) in [4.78, 5) is 27.8. The number of imidazole rings is 1. The van der Waals surface area contributed by atoms with Gasteiger partial charge in [-0.3, -0.25) is 4.57 Å². The lowest BCUT2D eigenvalue weighted by atomic mass is 9.72. The lowest BCUT2D eigenvalue weighted by Gasteiger charge is -2.42. The Morgan fingerprint density at radius 2 is 1.83 bits per heavy atom. The minimum absolute atomic E-state index is 0.387. The highest BCUT2D eigenvalue weighted by atomic mass is 16.5. The summed E-state index contributed by atoms with van der Waals surface area (Å²) in [7, 11) is 0. The van der Waals surface area contributed by atoms with Crippen molar-refractivity contribution in [1.82, 2.24) is 24.8 Å². The molecular weight excluding hydrogens is 458 g/mol. The van der Waals surface area contributed by atoms with E-state index in [9.17, 15) is 9.90 Å². The maximum absolute atomic E-state index is 11.4. The Kier molecular flexibility index (Phi) is 5.45. The molecule has 1 saturated heterocycles. The molecule has 1 amide bonds. The number of rotatable bonds is 5. The molecule has 4 heterocycles. The molecule has 2 fully saturated rings. The number of nitrogens with one attached hydrogen (secondary N) is 1. The van der Waals surface area contributed by atoms with Gasteiger partial charge in [-0.05, 0) is 61.2 Å². The number of pyridine rings is 2. The zero-order valence-electron chi connectivity index (χ0n) is 19.7. The maximum Gasteiger partial charge on any atom is 0.405 e. The number of hydrogen-bond acceptors (Lipinski definition) is 7. The first-order valence-electron chi connectivity index (χ1n) is 12.1. The molecular formula is C26H27N7O3. The van der Waals surface area contributed by atoms with E-state index in [1.165, 1.54) is 0 Å². The molecule has 36 heavy (non-hydrogen) atoms. The van der Waals surface area contributed by atoms with Crippen LogP contribution in [0.1, 0.15) is 24.8 Å². The SMILES string of the molecule is Nc1ncccc1-c1nc2ccc(N3CCOCC3)nc2n1-c1ccc(C2(NC(=O)O)CCC2)cc1. The van der Waals surface area contributed by atoms with Crippen LogP contribution in [0.5, 0.6) is 0 Å². The number of carbonyl (C=O) groups is 1. The molecule has 6 rings (SSSR count). The third kappa shape index (κ3) is 3.79. The Morgan fingerprint density at radius 1 is 1.06 bits per heavy atom. The van der Waals surface area contributed by atoms with Crippen molar-refractivity contribution >= 4 is 28.9 Å². The van der Waals surface area contributed by atoms with E-state index >= 15 is 0 Å². The van der Waals surface area contributed by atoms with Gasteiger partial charge in [0.05, 0.1) is 24.3 Å². The van der Waals surface area contributed by atoms with Crippen molar-refractivity contribution in [1.29, 1.82) is 0 Å². The van der Waals surface area contributed by atoms with Gasteiger partial charge in [0.25, 0.3) is 0 Å². The van der Waals surface area contributed by atoms with Crippen LogP contribution >= 0.6 is 0 Å². The van der Waals surface area contributed by atoms with Crippen LogP contribution in [0.3, 0.4) is 0 Å². The smallest absolute Gasteiger partial charge is 0.405 e. The minimum Gasteiger partial charge on any atom is -0.465 e. The average molecular weight is 486 g/mol. The van der Waals surface area contributed by atoms with Crippen LogP contribution in [0.2, 0.25) is 0 Å². The first-order chi connectivity index (χ1) is 17.5. The molecule has 1 saturated carbocycles. The summed E-state index contributed by atoms with van der Waals surface area (Å²) >= 11 is 0. The summed E-state index contributed by atoms with van der Waals surface area (Å²) in [5.41, 5.74) is 9.71. The van der Waals surface area contributed by atoms with E-state index in [1.807, 2.05) is 53.1 Å². The van der Waals surface area contributed by atoms with E-state index in [2.05, 4.69) is 15.2 Å². The summed E-state index contributed by atoms with van der Waals surface area (Å²) in [6.45, 7) is 2.90. The molecule has 0 unspecified atom stereocenters. The fraction of sp³-hybridized carbons (Fsp3) is 0.308. The van der Waals surface area contributed by atoms with Crippen LogP contribution in [0.4, 0.5) is 16.4 Å². The predicted molar refractivity (Wildman–Crippen MR) is 136 cm³/mol. The van der Waals surface area contributed by atoms with Gasteiger partial charge in [0.15, 0.2) is 11.5 Å². The molecule has 1 aliphatic heterocycles. The van der Waals surface area contributed by atoms with E-state index < -0.39 is 11.6 Å². The van der Waals surface area contributed by atoms with E-state index in [1.54, 1.807) is 6.20 Å². The standard InChI is InChI=1S/C26H27N7O3/c27-22-19(3-1-12-28-22)23-29-20-8-9-21(32-13-15-36-16-14-32)30-24(20)33(23)18-6-4-17(5-7-18)26(10-2-11-26)31-25(34)35/h1,3-9,12,31H,2,10-11,13-16H2,(H2,27,28)(H,34,35). The molecule has 1 aromatic carbocycles. The van der Waals surface area contributed by atoms with Crippen molar-refractivity contribution in [2.75, 3.05) is 36.9 Å². The van der Waals surface area contributed by atoms with Crippen molar-refractivity contribution in [2.24, 2.45) is 0 Å². The molecule has 0 bridgehead atoms. The molecule has 0 radical (unpaired) electrons. The third-order valence-corrected chi connectivity index (χ3v) is 7.14. The van der Waals surface area contributed by atoms with Crippen LogP contribution in [-0.4, -0.2) is 57.0 Å². The predicted octanol–water partition coefficient (Wildman–Crippen LogP) is 3.55. The third-order valence-electron chi connectivity index (χ3n) is 7.14. The molecule has 0 atom stereocenters. The fourth-order valence-corrected chi connectivity index (χ4v) is 5.10. The number of ether oxygens (including phenoxy) is 1. The second-order valence-corrected chi connectivity index (χ2v) is 9.23. The van der Waals surface area contributed by atoms with Gasteiger partial charge in [0, 0.05) is 25.0 Å². The van der Waals surface area contributed by atoms with Crippen molar-refractivity contribution < 1.29 is 14.6 Å². The van der Waals surface area contributed by atoms with Crippen LogP contribution in [0.25, 0.3) is 28.2 Å². The van der Waals surface area contributed by atoms with Gasteiger partial charge >= 0.3 is 6.09 Å². The second-order valence-electron chi connectivity index (χ2n) is 9.23. The van der Waals surface area contributed by atoms with Gasteiger partial charge < -0.3 is 25.8 Å². The zero-order chi connectivity index (χ0) is 24.7. The second kappa shape index (κ2) is 8.80. The van der Waals surface area contributed by atoms with E-state index in [0.29, 0.717) is 30.5 Å². The Morgan fingerprint density at radius 3 is 2.50 bits per heavy atom. The van der Waals surface area contributed by atoms with Gasteiger partial charge in [-0.25, -0.2) is 19.7 Å². The van der Waals surface area contributed by atoms with Crippen LogP contribution in [0.15, 0.2) is 54.7 Å². The van der Waals surface area contributed by atoms with E-state index in [0.717, 1.165) is 60.5 Å².